The number of hydrogen-bond donors (Lipinski definition) is 2. The van der Waals surface area contributed by atoms with E-state index in [0.717, 1.165) is 5.69 Å². The second-order valence-corrected chi connectivity index (χ2v) is 3.87. The third-order valence-corrected chi connectivity index (χ3v) is 2.45. The Hall–Kier alpha value is -1.85. The van der Waals surface area contributed by atoms with Gasteiger partial charge in [0.15, 0.2) is 6.10 Å². The fourth-order valence-corrected chi connectivity index (χ4v) is 1.53. The molecule has 2 aromatic rings. The molecule has 6 heteroatoms. The van der Waals surface area contributed by atoms with E-state index in [4.69, 9.17) is 16.7 Å². The Morgan fingerprint density at radius 1 is 1.35 bits per heavy atom. The summed E-state index contributed by atoms with van der Waals surface area (Å²) in [6.07, 6.45) is 1.62. The second-order valence-electron chi connectivity index (χ2n) is 3.44. The van der Waals surface area contributed by atoms with Crippen molar-refractivity contribution in [1.29, 1.82) is 0 Å². The van der Waals surface area contributed by atoms with Gasteiger partial charge in [-0.15, -0.1) is 0 Å². The summed E-state index contributed by atoms with van der Waals surface area (Å²) in [5, 5.41) is 22.5. The van der Waals surface area contributed by atoms with Crippen molar-refractivity contribution in [2.75, 3.05) is 0 Å². The van der Waals surface area contributed by atoms with E-state index in [1.807, 2.05) is 0 Å². The summed E-state index contributed by atoms with van der Waals surface area (Å²) >= 11 is 5.73. The van der Waals surface area contributed by atoms with E-state index in [-0.39, 0.29) is 0 Å². The minimum atomic E-state index is -1.51. The standard InChI is InChI=1S/C11H9ClN2O3/c12-8-5-13-14(6-8)9-3-1-7(2-4-9)10(15)11(16)17/h1-6,10,15H,(H,16,17). The summed E-state index contributed by atoms with van der Waals surface area (Å²) in [4.78, 5) is 10.6. The predicted octanol–water partition coefficient (Wildman–Crippen LogP) is 1.64. The zero-order valence-electron chi connectivity index (χ0n) is 8.62. The number of aliphatic carboxylic acids is 1. The first-order valence-electron chi connectivity index (χ1n) is 4.79. The third-order valence-electron chi connectivity index (χ3n) is 2.26. The van der Waals surface area contributed by atoms with Crippen molar-refractivity contribution in [3.8, 4) is 5.69 Å². The lowest BCUT2D eigenvalue weighted by molar-refractivity contribution is -0.146. The number of aliphatic hydroxyl groups excluding tert-OH is 1. The largest absolute Gasteiger partial charge is 0.479 e. The van der Waals surface area contributed by atoms with Crippen molar-refractivity contribution in [3.63, 3.8) is 0 Å². The van der Waals surface area contributed by atoms with Gasteiger partial charge < -0.3 is 10.2 Å². The first kappa shape index (κ1) is 11.6. The van der Waals surface area contributed by atoms with Crippen LogP contribution in [0.3, 0.4) is 0 Å². The van der Waals surface area contributed by atoms with E-state index in [2.05, 4.69) is 5.10 Å². The molecular formula is C11H9ClN2O3. The summed E-state index contributed by atoms with van der Waals surface area (Å²) in [5.74, 6) is -1.28. The molecule has 0 amide bonds. The second kappa shape index (κ2) is 4.57. The molecular weight excluding hydrogens is 244 g/mol. The fraction of sp³-hybridized carbons (Fsp3) is 0.0909. The Kier molecular flexibility index (Phi) is 3.12. The fourth-order valence-electron chi connectivity index (χ4n) is 1.39. The molecule has 17 heavy (non-hydrogen) atoms. The van der Waals surface area contributed by atoms with Gasteiger partial charge in [-0.25, -0.2) is 9.48 Å². The summed E-state index contributed by atoms with van der Waals surface area (Å²) < 4.78 is 1.55. The average molecular weight is 253 g/mol. The number of carboxylic acids is 1. The van der Waals surface area contributed by atoms with Crippen LogP contribution in [0, 0.1) is 0 Å². The van der Waals surface area contributed by atoms with E-state index in [1.54, 1.807) is 23.0 Å². The maximum atomic E-state index is 10.6. The van der Waals surface area contributed by atoms with Crippen LogP contribution in [0.15, 0.2) is 36.7 Å². The smallest absolute Gasteiger partial charge is 0.337 e. The van der Waals surface area contributed by atoms with Crippen LogP contribution in [-0.2, 0) is 4.79 Å². The molecule has 0 saturated carbocycles. The number of rotatable bonds is 3. The van der Waals surface area contributed by atoms with Crippen molar-refractivity contribution in [1.82, 2.24) is 9.78 Å². The monoisotopic (exact) mass is 252 g/mol. The number of aromatic nitrogens is 2. The number of nitrogens with zero attached hydrogens (tertiary/aromatic N) is 2. The molecule has 0 aliphatic heterocycles. The number of halogens is 1. The minimum absolute atomic E-state index is 0.319. The first-order chi connectivity index (χ1) is 8.08. The quantitative estimate of drug-likeness (QED) is 0.871. The van der Waals surface area contributed by atoms with Crippen molar-refractivity contribution in [2.24, 2.45) is 0 Å². The van der Waals surface area contributed by atoms with Gasteiger partial charge in [0.2, 0.25) is 0 Å². The van der Waals surface area contributed by atoms with E-state index in [9.17, 15) is 9.90 Å². The molecule has 5 nitrogen and oxygen atoms in total. The van der Waals surface area contributed by atoms with E-state index in [1.165, 1.54) is 18.3 Å². The minimum Gasteiger partial charge on any atom is -0.479 e. The van der Waals surface area contributed by atoms with Crippen LogP contribution < -0.4 is 0 Å². The molecule has 1 unspecified atom stereocenters. The number of aliphatic hydroxyl groups is 1. The third kappa shape index (κ3) is 2.46. The van der Waals surface area contributed by atoms with Crippen LogP contribution in [0.25, 0.3) is 5.69 Å². The Balaban J connectivity index is 2.27. The molecule has 88 valence electrons. The lowest BCUT2D eigenvalue weighted by Crippen LogP contribution is -2.10. The van der Waals surface area contributed by atoms with Crippen LogP contribution in [0.1, 0.15) is 11.7 Å². The highest BCUT2D eigenvalue weighted by atomic mass is 35.5. The molecule has 0 bridgehead atoms. The van der Waals surface area contributed by atoms with Crippen LogP contribution in [0.5, 0.6) is 0 Å². The number of hydrogen-bond acceptors (Lipinski definition) is 3. The van der Waals surface area contributed by atoms with Crippen molar-refractivity contribution < 1.29 is 15.0 Å². The average Bonchev–Trinajstić information content (AvgIpc) is 2.75. The van der Waals surface area contributed by atoms with E-state index < -0.39 is 12.1 Å². The summed E-state index contributed by atoms with van der Waals surface area (Å²) in [6, 6.07) is 6.38. The molecule has 2 N–H and O–H groups in total. The van der Waals surface area contributed by atoms with E-state index >= 15 is 0 Å². The van der Waals surface area contributed by atoms with E-state index in [0.29, 0.717) is 10.6 Å². The maximum Gasteiger partial charge on any atom is 0.337 e. The molecule has 1 aromatic carbocycles. The van der Waals surface area contributed by atoms with Gasteiger partial charge in [-0.1, -0.05) is 23.7 Å². The van der Waals surface area contributed by atoms with Gasteiger partial charge in [-0.05, 0) is 17.7 Å². The van der Waals surface area contributed by atoms with Gasteiger partial charge in [0.25, 0.3) is 0 Å². The van der Waals surface area contributed by atoms with Gasteiger partial charge in [-0.3, -0.25) is 0 Å². The van der Waals surface area contributed by atoms with Crippen LogP contribution in [-0.4, -0.2) is 26.0 Å². The number of carbonyl (C=O) groups is 1. The van der Waals surface area contributed by atoms with Crippen molar-refractivity contribution in [3.05, 3.63) is 47.2 Å². The lowest BCUT2D eigenvalue weighted by Gasteiger charge is -2.07. The summed E-state index contributed by atoms with van der Waals surface area (Å²) in [7, 11) is 0. The zero-order chi connectivity index (χ0) is 12.4. The Morgan fingerprint density at radius 3 is 2.47 bits per heavy atom. The molecule has 2 rings (SSSR count). The highest BCUT2D eigenvalue weighted by molar-refractivity contribution is 6.30. The molecule has 0 saturated heterocycles. The molecule has 1 aromatic heterocycles. The Bertz CT molecular complexity index is 536. The molecule has 1 atom stereocenters. The van der Waals surface area contributed by atoms with Gasteiger partial charge in [0.05, 0.1) is 16.9 Å². The molecule has 0 aliphatic rings. The van der Waals surface area contributed by atoms with Gasteiger partial charge in [0.1, 0.15) is 0 Å². The van der Waals surface area contributed by atoms with Crippen LogP contribution >= 0.6 is 11.6 Å². The number of benzene rings is 1. The van der Waals surface area contributed by atoms with Gasteiger partial charge in [-0.2, -0.15) is 5.10 Å². The molecule has 0 spiro atoms. The Morgan fingerprint density at radius 2 is 2.00 bits per heavy atom. The van der Waals surface area contributed by atoms with Crippen molar-refractivity contribution in [2.45, 2.75) is 6.10 Å². The van der Waals surface area contributed by atoms with Gasteiger partial charge in [0, 0.05) is 6.20 Å². The van der Waals surface area contributed by atoms with Crippen molar-refractivity contribution >= 4 is 17.6 Å². The Labute approximate surface area is 102 Å². The molecule has 1 heterocycles. The normalized spacial score (nSPS) is 12.4. The summed E-state index contributed by atoms with van der Waals surface area (Å²) in [6.45, 7) is 0. The zero-order valence-corrected chi connectivity index (χ0v) is 9.37. The van der Waals surface area contributed by atoms with Gasteiger partial charge >= 0.3 is 5.97 Å². The number of carboxylic acid groups (broad SMARTS) is 1. The lowest BCUT2D eigenvalue weighted by atomic mass is 10.1. The predicted molar refractivity (Wildman–Crippen MR) is 61.2 cm³/mol. The topological polar surface area (TPSA) is 75.3 Å². The highest BCUT2D eigenvalue weighted by Crippen LogP contribution is 2.17. The molecule has 0 fully saturated rings. The SMILES string of the molecule is O=C(O)C(O)c1ccc(-n2cc(Cl)cn2)cc1. The van der Waals surface area contributed by atoms with Crippen LogP contribution in [0.4, 0.5) is 0 Å². The maximum absolute atomic E-state index is 10.6. The van der Waals surface area contributed by atoms with Crippen LogP contribution in [0.2, 0.25) is 5.02 Å². The first-order valence-corrected chi connectivity index (χ1v) is 5.17. The molecule has 0 radical (unpaired) electrons. The highest BCUT2D eigenvalue weighted by Gasteiger charge is 2.15. The molecule has 0 aliphatic carbocycles. The summed E-state index contributed by atoms with van der Waals surface area (Å²) in [5.41, 5.74) is 1.05.